The smallest absolute Gasteiger partial charge is 0.231 e. The highest BCUT2D eigenvalue weighted by atomic mass is 32.2. The first-order valence-corrected chi connectivity index (χ1v) is 11.1. The van der Waals surface area contributed by atoms with Gasteiger partial charge in [-0.1, -0.05) is 35.9 Å². The zero-order chi connectivity index (χ0) is 22.2. The number of rotatable bonds is 5. The molecule has 2 aromatic rings. The van der Waals surface area contributed by atoms with Crippen LogP contribution in [0, 0.1) is 18.3 Å². The third kappa shape index (κ3) is 3.56. The maximum Gasteiger partial charge on any atom is 0.231 e. The van der Waals surface area contributed by atoms with Gasteiger partial charge in [-0.2, -0.15) is 5.26 Å². The Bertz CT molecular complexity index is 1090. The highest BCUT2D eigenvalue weighted by molar-refractivity contribution is 8.03. The average Bonchev–Trinajstić information content (AvgIpc) is 3.13. The molecule has 2 atom stereocenters. The van der Waals surface area contributed by atoms with Crippen molar-refractivity contribution in [2.75, 3.05) is 19.5 Å². The van der Waals surface area contributed by atoms with Crippen LogP contribution < -0.4 is 9.47 Å². The Labute approximate surface area is 186 Å². The summed E-state index contributed by atoms with van der Waals surface area (Å²) in [6.07, 6.45) is 0.0962. The molecule has 1 fully saturated rings. The minimum atomic E-state index is -1.46. The zero-order valence-corrected chi connectivity index (χ0v) is 18.5. The van der Waals surface area contributed by atoms with Gasteiger partial charge in [0, 0.05) is 17.9 Å². The van der Waals surface area contributed by atoms with E-state index in [1.165, 1.54) is 16.7 Å². The standard InChI is InChI=1S/C24H24N2O4S/c1-4-30-21-11-16(7-10-20(21)29-3)18-12-22(27)26-23(19(18)13-25)31-14-24(26,28)17-8-5-15(2)6-9-17/h5-11,18,28H,4,12,14H2,1-3H3/t18-,24+/m1/s1. The zero-order valence-electron chi connectivity index (χ0n) is 17.7. The monoisotopic (exact) mass is 436 g/mol. The Hall–Kier alpha value is -2.95. The predicted octanol–water partition coefficient (Wildman–Crippen LogP) is 4.05. The molecule has 0 aliphatic carbocycles. The molecule has 31 heavy (non-hydrogen) atoms. The number of allylic oxidation sites excluding steroid dienone is 1. The summed E-state index contributed by atoms with van der Waals surface area (Å²) in [5, 5.41) is 22.0. The highest BCUT2D eigenvalue weighted by Gasteiger charge is 2.51. The summed E-state index contributed by atoms with van der Waals surface area (Å²) < 4.78 is 11.0. The lowest BCUT2D eigenvalue weighted by atomic mass is 9.85. The second-order valence-electron chi connectivity index (χ2n) is 7.63. The fourth-order valence-electron chi connectivity index (χ4n) is 4.12. The molecule has 6 nitrogen and oxygen atoms in total. The first kappa shape index (κ1) is 21.3. The van der Waals surface area contributed by atoms with Crippen LogP contribution in [0.1, 0.15) is 36.0 Å². The number of nitrogens with zero attached hydrogens (tertiary/aromatic N) is 2. The molecule has 0 radical (unpaired) electrons. The molecule has 2 aliphatic rings. The number of thioether (sulfide) groups is 1. The molecular formula is C24H24N2O4S. The van der Waals surface area contributed by atoms with Crippen molar-refractivity contribution in [1.29, 1.82) is 5.26 Å². The molecule has 0 bridgehead atoms. The van der Waals surface area contributed by atoms with Crippen molar-refractivity contribution in [2.24, 2.45) is 0 Å². The average molecular weight is 437 g/mol. The number of fused-ring (bicyclic) bond motifs is 1. The number of hydrogen-bond donors (Lipinski definition) is 1. The lowest BCUT2D eigenvalue weighted by molar-refractivity contribution is -0.149. The number of amides is 1. The molecule has 7 heteroatoms. The van der Waals surface area contributed by atoms with E-state index in [2.05, 4.69) is 6.07 Å². The van der Waals surface area contributed by atoms with E-state index < -0.39 is 11.6 Å². The van der Waals surface area contributed by atoms with Gasteiger partial charge in [0.2, 0.25) is 5.91 Å². The molecule has 160 valence electrons. The van der Waals surface area contributed by atoms with E-state index in [0.717, 1.165) is 11.1 Å². The number of aliphatic hydroxyl groups is 1. The van der Waals surface area contributed by atoms with E-state index in [4.69, 9.17) is 9.47 Å². The number of ether oxygens (including phenoxy) is 2. The first-order valence-electron chi connectivity index (χ1n) is 10.1. The number of nitriles is 1. The number of hydrogen-bond acceptors (Lipinski definition) is 6. The largest absolute Gasteiger partial charge is 0.493 e. The van der Waals surface area contributed by atoms with Crippen LogP contribution in [0.5, 0.6) is 11.5 Å². The summed E-state index contributed by atoms with van der Waals surface area (Å²) in [4.78, 5) is 14.7. The molecule has 0 saturated carbocycles. The van der Waals surface area contributed by atoms with Crippen molar-refractivity contribution in [1.82, 2.24) is 4.90 Å². The molecule has 0 spiro atoms. The van der Waals surface area contributed by atoms with Crippen molar-refractivity contribution in [2.45, 2.75) is 31.9 Å². The molecular weight excluding hydrogens is 412 g/mol. The van der Waals surface area contributed by atoms with Crippen LogP contribution in [0.3, 0.4) is 0 Å². The molecule has 0 unspecified atom stereocenters. The normalized spacial score (nSPS) is 22.9. The van der Waals surface area contributed by atoms with Gasteiger partial charge < -0.3 is 14.6 Å². The fourth-order valence-corrected chi connectivity index (χ4v) is 5.48. The summed E-state index contributed by atoms with van der Waals surface area (Å²) in [5.41, 5.74) is 1.55. The number of methoxy groups -OCH3 is 1. The van der Waals surface area contributed by atoms with Crippen molar-refractivity contribution in [3.8, 4) is 17.6 Å². The van der Waals surface area contributed by atoms with Gasteiger partial charge in [0.05, 0.1) is 36.1 Å². The van der Waals surface area contributed by atoms with E-state index >= 15 is 0 Å². The van der Waals surface area contributed by atoms with Gasteiger partial charge >= 0.3 is 0 Å². The SMILES string of the molecule is CCOc1cc([C@H]2CC(=O)N3C(=C2C#N)SC[C@]3(O)c2ccc(C)cc2)ccc1OC. The molecule has 2 aliphatic heterocycles. The third-order valence-electron chi connectivity index (χ3n) is 5.71. The third-order valence-corrected chi connectivity index (χ3v) is 6.94. The van der Waals surface area contributed by atoms with Crippen molar-refractivity contribution in [3.05, 3.63) is 69.8 Å². The van der Waals surface area contributed by atoms with Crippen molar-refractivity contribution >= 4 is 17.7 Å². The van der Waals surface area contributed by atoms with E-state index in [0.29, 0.717) is 34.3 Å². The van der Waals surface area contributed by atoms with E-state index in [1.54, 1.807) is 13.2 Å². The maximum absolute atomic E-state index is 13.3. The van der Waals surface area contributed by atoms with Gasteiger partial charge in [-0.25, -0.2) is 0 Å². The fraction of sp³-hybridized carbons (Fsp3) is 0.333. The van der Waals surface area contributed by atoms with E-state index in [1.807, 2.05) is 50.2 Å². The van der Waals surface area contributed by atoms with Crippen LogP contribution in [0.4, 0.5) is 0 Å². The summed E-state index contributed by atoms with van der Waals surface area (Å²) in [5.74, 6) is 0.851. The number of benzene rings is 2. The predicted molar refractivity (Wildman–Crippen MR) is 119 cm³/mol. The Morgan fingerprint density at radius 3 is 2.65 bits per heavy atom. The van der Waals surface area contributed by atoms with Gasteiger partial charge in [0.15, 0.2) is 17.2 Å². The van der Waals surface area contributed by atoms with E-state index in [-0.39, 0.29) is 18.1 Å². The summed E-state index contributed by atoms with van der Waals surface area (Å²) in [7, 11) is 1.57. The Balaban J connectivity index is 1.77. The lowest BCUT2D eigenvalue weighted by Crippen LogP contribution is -2.48. The summed E-state index contributed by atoms with van der Waals surface area (Å²) >= 11 is 1.35. The van der Waals surface area contributed by atoms with Crippen molar-refractivity contribution < 1.29 is 19.4 Å². The number of carbonyl (C=O) groups excluding carboxylic acids is 1. The molecule has 1 N–H and O–H groups in total. The Morgan fingerprint density at radius 1 is 1.26 bits per heavy atom. The minimum absolute atomic E-state index is 0.0962. The molecule has 4 rings (SSSR count). The van der Waals surface area contributed by atoms with E-state index in [9.17, 15) is 15.2 Å². The van der Waals surface area contributed by atoms with Gasteiger partial charge in [0.1, 0.15) is 0 Å². The van der Waals surface area contributed by atoms with Crippen LogP contribution in [-0.2, 0) is 10.5 Å². The molecule has 0 aromatic heterocycles. The maximum atomic E-state index is 13.3. The van der Waals surface area contributed by atoms with Gasteiger partial charge in [0.25, 0.3) is 0 Å². The van der Waals surface area contributed by atoms with Gasteiger partial charge in [-0.3, -0.25) is 9.69 Å². The molecule has 1 saturated heterocycles. The first-order chi connectivity index (χ1) is 14.9. The topological polar surface area (TPSA) is 82.8 Å². The van der Waals surface area contributed by atoms with Crippen LogP contribution in [0.15, 0.2) is 53.1 Å². The summed E-state index contributed by atoms with van der Waals surface area (Å²) in [6, 6.07) is 15.3. The second-order valence-corrected chi connectivity index (χ2v) is 8.60. The van der Waals surface area contributed by atoms with Crippen LogP contribution >= 0.6 is 11.8 Å². The molecule has 1 amide bonds. The Morgan fingerprint density at radius 2 is 2.00 bits per heavy atom. The van der Waals surface area contributed by atoms with Crippen LogP contribution in [0.25, 0.3) is 0 Å². The van der Waals surface area contributed by atoms with Crippen molar-refractivity contribution in [3.63, 3.8) is 0 Å². The second kappa shape index (κ2) is 8.29. The minimum Gasteiger partial charge on any atom is -0.493 e. The number of carbonyl (C=O) groups is 1. The quantitative estimate of drug-likeness (QED) is 0.762. The van der Waals surface area contributed by atoms with Gasteiger partial charge in [-0.05, 0) is 31.5 Å². The lowest BCUT2D eigenvalue weighted by Gasteiger charge is -2.38. The highest BCUT2D eigenvalue weighted by Crippen LogP contribution is 2.52. The van der Waals surface area contributed by atoms with Gasteiger partial charge in [-0.15, -0.1) is 11.8 Å². The number of aryl methyl sites for hydroxylation is 1. The van der Waals surface area contributed by atoms with Crippen LogP contribution in [-0.4, -0.2) is 35.4 Å². The summed E-state index contributed by atoms with van der Waals surface area (Å²) in [6.45, 7) is 4.33. The molecule has 2 aromatic carbocycles. The van der Waals surface area contributed by atoms with Crippen LogP contribution in [0.2, 0.25) is 0 Å². The molecule has 2 heterocycles. The Kier molecular flexibility index (Phi) is 5.69.